The van der Waals surface area contributed by atoms with Gasteiger partial charge in [0.05, 0.1) is 11.4 Å². The van der Waals surface area contributed by atoms with Gasteiger partial charge in [0.25, 0.3) is 0 Å². The highest BCUT2D eigenvalue weighted by atomic mass is 16.2. The third-order valence-electron chi connectivity index (χ3n) is 4.78. The molecule has 4 heteroatoms. The van der Waals surface area contributed by atoms with Crippen molar-refractivity contribution in [3.63, 3.8) is 0 Å². The minimum atomic E-state index is -0.0399. The smallest absolute Gasteiger partial charge is 0.227 e. The molecule has 4 nitrogen and oxygen atoms in total. The summed E-state index contributed by atoms with van der Waals surface area (Å²) in [6.45, 7) is 1.55. The highest BCUT2D eigenvalue weighted by Crippen LogP contribution is 2.31. The Balaban J connectivity index is 1.86. The highest BCUT2D eigenvalue weighted by molar-refractivity contribution is 6.07. The molecule has 0 aliphatic carbocycles. The van der Waals surface area contributed by atoms with Crippen LogP contribution in [0.1, 0.15) is 18.1 Å². The molecule has 1 amide bonds. The van der Waals surface area contributed by atoms with Crippen molar-refractivity contribution in [2.24, 2.45) is 11.0 Å². The first kappa shape index (κ1) is 17.7. The van der Waals surface area contributed by atoms with Gasteiger partial charge in [-0.25, -0.2) is 0 Å². The molecular weight excluding hydrogens is 346 g/mol. The molecular formula is C24H21N3O. The zero-order valence-corrected chi connectivity index (χ0v) is 15.6. The molecule has 1 unspecified atom stereocenters. The lowest BCUT2D eigenvalue weighted by Crippen LogP contribution is -2.27. The number of allylic oxidation sites excluding steroid dienone is 5. The van der Waals surface area contributed by atoms with E-state index in [1.54, 1.807) is 18.0 Å². The van der Waals surface area contributed by atoms with Gasteiger partial charge < -0.3 is 0 Å². The maximum atomic E-state index is 11.9. The topological polar surface area (TPSA) is 44.7 Å². The van der Waals surface area contributed by atoms with Crippen molar-refractivity contribution < 1.29 is 4.79 Å². The van der Waals surface area contributed by atoms with E-state index in [4.69, 9.17) is 5.10 Å². The summed E-state index contributed by atoms with van der Waals surface area (Å²) < 4.78 is 0. The summed E-state index contributed by atoms with van der Waals surface area (Å²) >= 11 is 0. The molecule has 0 saturated heterocycles. The Morgan fingerprint density at radius 3 is 2.29 bits per heavy atom. The first-order chi connectivity index (χ1) is 13.7. The molecule has 1 N–H and O–H groups in total. The van der Waals surface area contributed by atoms with Crippen molar-refractivity contribution >= 4 is 17.3 Å². The van der Waals surface area contributed by atoms with Crippen LogP contribution in [0.5, 0.6) is 0 Å². The molecule has 0 bridgehead atoms. The van der Waals surface area contributed by atoms with Crippen molar-refractivity contribution in [1.82, 2.24) is 10.3 Å². The minimum absolute atomic E-state index is 0.0355. The standard InChI is InChI=1S/C24H21N3O/c1-18(28)27-16-9-8-14-21-22(15-17-27)24(20-12-6-3-7-13-20)26-25-23(21)19-10-4-2-5-11-19/h2-17,21,26H,1H3/b14-8-,16-9-,17-15-. The second kappa shape index (κ2) is 7.92. The SMILES string of the molecule is CC(=O)N1/C=C\C=C/C2C(c3ccccc3)=NNC(c3ccccc3)=C2/C=C\1. The number of hydrazone groups is 1. The van der Waals surface area contributed by atoms with Crippen LogP contribution in [0.2, 0.25) is 0 Å². The van der Waals surface area contributed by atoms with Crippen LogP contribution < -0.4 is 5.43 Å². The van der Waals surface area contributed by atoms with Gasteiger partial charge in [0.15, 0.2) is 0 Å². The van der Waals surface area contributed by atoms with Gasteiger partial charge in [-0.3, -0.25) is 15.1 Å². The van der Waals surface area contributed by atoms with Crippen molar-refractivity contribution in [2.45, 2.75) is 6.92 Å². The molecule has 4 rings (SSSR count). The van der Waals surface area contributed by atoms with Crippen molar-refractivity contribution in [3.05, 3.63) is 114 Å². The number of fused-ring (bicyclic) bond motifs is 1. The Morgan fingerprint density at radius 1 is 0.929 bits per heavy atom. The Kier molecular flexibility index (Phi) is 5.02. The van der Waals surface area contributed by atoms with Crippen LogP contribution in [-0.4, -0.2) is 16.5 Å². The molecule has 28 heavy (non-hydrogen) atoms. The number of amides is 1. The van der Waals surface area contributed by atoms with Gasteiger partial charge in [0.2, 0.25) is 5.91 Å². The van der Waals surface area contributed by atoms with Crippen LogP contribution >= 0.6 is 0 Å². The van der Waals surface area contributed by atoms with Crippen molar-refractivity contribution in [1.29, 1.82) is 0 Å². The largest absolute Gasteiger partial charge is 0.295 e. The van der Waals surface area contributed by atoms with Gasteiger partial charge in [0.1, 0.15) is 0 Å². The number of hydrogen-bond donors (Lipinski definition) is 1. The van der Waals surface area contributed by atoms with Gasteiger partial charge >= 0.3 is 0 Å². The first-order valence-corrected chi connectivity index (χ1v) is 9.25. The van der Waals surface area contributed by atoms with Gasteiger partial charge in [-0.1, -0.05) is 72.8 Å². The van der Waals surface area contributed by atoms with E-state index >= 15 is 0 Å². The van der Waals surface area contributed by atoms with Crippen molar-refractivity contribution in [2.75, 3.05) is 0 Å². The predicted octanol–water partition coefficient (Wildman–Crippen LogP) is 4.47. The number of carbonyl (C=O) groups is 1. The molecule has 2 aromatic rings. The summed E-state index contributed by atoms with van der Waals surface area (Å²) in [7, 11) is 0. The predicted molar refractivity (Wildman–Crippen MR) is 113 cm³/mol. The van der Waals surface area contributed by atoms with E-state index < -0.39 is 0 Å². The highest BCUT2D eigenvalue weighted by Gasteiger charge is 2.26. The summed E-state index contributed by atoms with van der Waals surface area (Å²) in [5, 5.41) is 4.72. The normalized spacial score (nSPS) is 22.0. The van der Waals surface area contributed by atoms with E-state index in [9.17, 15) is 4.79 Å². The summed E-state index contributed by atoms with van der Waals surface area (Å²) in [6.07, 6.45) is 11.5. The molecule has 0 spiro atoms. The number of carbonyl (C=O) groups excluding carboxylic acids is 1. The van der Waals surface area contributed by atoms with Crippen LogP contribution in [0.4, 0.5) is 0 Å². The first-order valence-electron chi connectivity index (χ1n) is 9.25. The average Bonchev–Trinajstić information content (AvgIpc) is 2.85. The Labute approximate surface area is 164 Å². The molecule has 0 radical (unpaired) electrons. The lowest BCUT2D eigenvalue weighted by Gasteiger charge is -2.26. The second-order valence-electron chi connectivity index (χ2n) is 6.62. The molecule has 138 valence electrons. The number of nitrogens with one attached hydrogen (secondary N) is 1. The van der Waals surface area contributed by atoms with E-state index in [1.807, 2.05) is 60.8 Å². The third kappa shape index (κ3) is 3.58. The molecule has 0 aromatic heterocycles. The van der Waals surface area contributed by atoms with Gasteiger partial charge in [-0.15, -0.1) is 0 Å². The molecule has 2 heterocycles. The van der Waals surface area contributed by atoms with E-state index in [2.05, 4.69) is 35.8 Å². The van der Waals surface area contributed by atoms with Crippen LogP contribution in [0.3, 0.4) is 0 Å². The van der Waals surface area contributed by atoms with Gasteiger partial charge in [0, 0.05) is 25.2 Å². The van der Waals surface area contributed by atoms with Crippen LogP contribution in [0.25, 0.3) is 5.70 Å². The average molecular weight is 367 g/mol. The molecule has 2 aromatic carbocycles. The zero-order valence-electron chi connectivity index (χ0n) is 15.6. The van der Waals surface area contributed by atoms with E-state index in [0.29, 0.717) is 0 Å². The van der Waals surface area contributed by atoms with Gasteiger partial charge in [-0.05, 0) is 28.9 Å². The maximum Gasteiger partial charge on any atom is 0.227 e. The van der Waals surface area contributed by atoms with E-state index in [0.717, 1.165) is 28.1 Å². The Bertz CT molecular complexity index is 1010. The molecule has 1 atom stereocenters. The fraction of sp³-hybridized carbons (Fsp3) is 0.0833. The summed E-state index contributed by atoms with van der Waals surface area (Å²) in [5.74, 6) is -0.0754. The lowest BCUT2D eigenvalue weighted by atomic mass is 9.85. The van der Waals surface area contributed by atoms with E-state index in [-0.39, 0.29) is 11.8 Å². The maximum absolute atomic E-state index is 11.9. The number of rotatable bonds is 2. The second-order valence-corrected chi connectivity index (χ2v) is 6.62. The van der Waals surface area contributed by atoms with E-state index in [1.165, 1.54) is 0 Å². The van der Waals surface area contributed by atoms with Gasteiger partial charge in [-0.2, -0.15) is 5.10 Å². The minimum Gasteiger partial charge on any atom is -0.295 e. The number of nitrogens with zero attached hydrogens (tertiary/aromatic N) is 2. The third-order valence-corrected chi connectivity index (χ3v) is 4.78. The van der Waals surface area contributed by atoms with Crippen LogP contribution in [0, 0.1) is 5.92 Å². The summed E-state index contributed by atoms with van der Waals surface area (Å²) in [6, 6.07) is 20.3. The number of hydrogen-bond acceptors (Lipinski definition) is 3. The molecule has 2 aliphatic heterocycles. The van der Waals surface area contributed by atoms with Crippen LogP contribution in [0.15, 0.2) is 108 Å². The molecule has 0 fully saturated rings. The summed E-state index contributed by atoms with van der Waals surface area (Å²) in [5.41, 5.74) is 8.32. The zero-order chi connectivity index (χ0) is 19.3. The summed E-state index contributed by atoms with van der Waals surface area (Å²) in [4.78, 5) is 13.5. The lowest BCUT2D eigenvalue weighted by molar-refractivity contribution is -0.124. The fourth-order valence-corrected chi connectivity index (χ4v) is 3.36. The monoisotopic (exact) mass is 367 g/mol. The fourth-order valence-electron chi connectivity index (χ4n) is 3.36. The van der Waals surface area contributed by atoms with Crippen molar-refractivity contribution in [3.8, 4) is 0 Å². The molecule has 0 saturated carbocycles. The number of benzene rings is 2. The molecule has 2 aliphatic rings. The Hall–Kier alpha value is -3.66. The van der Waals surface area contributed by atoms with Crippen LogP contribution in [-0.2, 0) is 4.79 Å². The quantitative estimate of drug-likeness (QED) is 0.851. The Morgan fingerprint density at radius 2 is 1.61 bits per heavy atom.